The Morgan fingerprint density at radius 2 is 1.78 bits per heavy atom. The minimum atomic E-state index is -0.598. The second-order valence-electron chi connectivity index (χ2n) is 8.01. The number of nitrogens with zero attached hydrogens (tertiary/aromatic N) is 1. The molecule has 8 heteroatoms. The predicted octanol–water partition coefficient (Wildman–Crippen LogP) is 6.36. The highest BCUT2D eigenvalue weighted by molar-refractivity contribution is 7.99. The van der Waals surface area contributed by atoms with Crippen molar-refractivity contribution in [1.82, 2.24) is 10.2 Å². The van der Waals surface area contributed by atoms with Crippen LogP contribution in [0.25, 0.3) is 0 Å². The van der Waals surface area contributed by atoms with E-state index < -0.39 is 6.04 Å². The van der Waals surface area contributed by atoms with E-state index in [1.807, 2.05) is 24.3 Å². The number of nitrogens with one attached hydrogen (secondary N) is 1. The number of thioether (sulfide) groups is 1. The maximum absolute atomic E-state index is 13.2. The third-order valence-corrected chi connectivity index (χ3v) is 7.59. The van der Waals surface area contributed by atoms with Gasteiger partial charge in [-0.15, -0.1) is 11.8 Å². The van der Waals surface area contributed by atoms with Crippen LogP contribution in [-0.4, -0.2) is 34.6 Å². The standard InChI is InChI=1S/C24H27Cl3N2O2S/c1-16(24(31)28-20-7-3-4-8-20)29(13-17-6-2-5-9-21(17)26)23(30)15-32-14-18-10-11-19(25)12-22(18)27/h2,5-6,9-12,16,20H,3-4,7-8,13-15H2,1H3,(H,28,31)/t16-/m0/s1. The minimum absolute atomic E-state index is 0.117. The number of rotatable bonds is 9. The third kappa shape index (κ3) is 7.05. The lowest BCUT2D eigenvalue weighted by atomic mass is 10.1. The minimum Gasteiger partial charge on any atom is -0.352 e. The van der Waals surface area contributed by atoms with Crippen LogP contribution in [0.2, 0.25) is 15.1 Å². The van der Waals surface area contributed by atoms with Crippen molar-refractivity contribution in [3.63, 3.8) is 0 Å². The molecule has 1 fully saturated rings. The average molecular weight is 514 g/mol. The fourth-order valence-corrected chi connectivity index (χ4v) is 5.42. The van der Waals surface area contributed by atoms with Crippen LogP contribution in [0, 0.1) is 0 Å². The van der Waals surface area contributed by atoms with Crippen LogP contribution in [0.4, 0.5) is 0 Å². The van der Waals surface area contributed by atoms with Gasteiger partial charge in [-0.05, 0) is 49.1 Å². The van der Waals surface area contributed by atoms with Crippen LogP contribution in [-0.2, 0) is 21.9 Å². The molecule has 0 saturated heterocycles. The smallest absolute Gasteiger partial charge is 0.242 e. The summed E-state index contributed by atoms with van der Waals surface area (Å²) in [5, 5.41) is 4.84. The molecule has 0 aromatic heterocycles. The second-order valence-corrected chi connectivity index (χ2v) is 10.2. The Hall–Kier alpha value is -1.40. The number of amides is 2. The van der Waals surface area contributed by atoms with E-state index in [9.17, 15) is 9.59 Å². The van der Waals surface area contributed by atoms with Gasteiger partial charge in [-0.2, -0.15) is 0 Å². The summed E-state index contributed by atoms with van der Waals surface area (Å²) >= 11 is 20.0. The monoisotopic (exact) mass is 512 g/mol. The van der Waals surface area contributed by atoms with Crippen LogP contribution in [0.1, 0.15) is 43.7 Å². The zero-order valence-electron chi connectivity index (χ0n) is 18.0. The van der Waals surface area contributed by atoms with Crippen LogP contribution in [0.3, 0.4) is 0 Å². The number of hydrogen-bond donors (Lipinski definition) is 1. The number of carbonyl (C=O) groups excluding carboxylic acids is 2. The van der Waals surface area contributed by atoms with Crippen molar-refractivity contribution in [3.05, 3.63) is 68.7 Å². The molecule has 3 rings (SSSR count). The summed E-state index contributed by atoms with van der Waals surface area (Å²) in [6.07, 6.45) is 4.25. The van der Waals surface area contributed by atoms with Gasteiger partial charge in [0.15, 0.2) is 0 Å². The van der Waals surface area contributed by atoms with Gasteiger partial charge in [0, 0.05) is 33.4 Å². The Balaban J connectivity index is 1.67. The van der Waals surface area contributed by atoms with E-state index in [1.54, 1.807) is 30.0 Å². The summed E-state index contributed by atoms with van der Waals surface area (Å²) in [4.78, 5) is 27.7. The molecule has 2 aromatic rings. The van der Waals surface area contributed by atoms with Crippen molar-refractivity contribution in [2.24, 2.45) is 0 Å². The van der Waals surface area contributed by atoms with E-state index in [0.717, 1.165) is 36.8 Å². The zero-order chi connectivity index (χ0) is 23.1. The number of halogens is 3. The highest BCUT2D eigenvalue weighted by Crippen LogP contribution is 2.26. The van der Waals surface area contributed by atoms with E-state index >= 15 is 0 Å². The molecule has 1 saturated carbocycles. The topological polar surface area (TPSA) is 49.4 Å². The van der Waals surface area contributed by atoms with E-state index in [-0.39, 0.29) is 30.2 Å². The molecule has 0 unspecified atom stereocenters. The van der Waals surface area contributed by atoms with Crippen molar-refractivity contribution in [2.45, 2.75) is 57.0 Å². The summed E-state index contributed by atoms with van der Waals surface area (Å²) in [5.41, 5.74) is 1.73. The predicted molar refractivity (Wildman–Crippen MR) is 134 cm³/mol. The van der Waals surface area contributed by atoms with Crippen LogP contribution < -0.4 is 5.32 Å². The fourth-order valence-electron chi connectivity index (χ4n) is 3.75. The maximum atomic E-state index is 13.2. The molecule has 172 valence electrons. The molecule has 0 spiro atoms. The molecule has 1 aliphatic rings. The van der Waals surface area contributed by atoms with Gasteiger partial charge in [-0.1, -0.05) is 71.9 Å². The van der Waals surface area contributed by atoms with Crippen LogP contribution >= 0.6 is 46.6 Å². The first kappa shape index (κ1) is 25.2. The van der Waals surface area contributed by atoms with Gasteiger partial charge in [-0.25, -0.2) is 0 Å². The highest BCUT2D eigenvalue weighted by atomic mass is 35.5. The zero-order valence-corrected chi connectivity index (χ0v) is 21.0. The fraction of sp³-hybridized carbons (Fsp3) is 0.417. The lowest BCUT2D eigenvalue weighted by Gasteiger charge is -2.30. The molecular formula is C24H27Cl3N2O2S. The first-order chi connectivity index (χ1) is 15.3. The molecule has 0 aliphatic heterocycles. The van der Waals surface area contributed by atoms with Crippen molar-refractivity contribution >= 4 is 58.4 Å². The molecule has 4 nitrogen and oxygen atoms in total. The molecule has 0 bridgehead atoms. The number of carbonyl (C=O) groups is 2. The summed E-state index contributed by atoms with van der Waals surface area (Å²) in [7, 11) is 0. The lowest BCUT2D eigenvalue weighted by Crippen LogP contribution is -2.50. The molecular weight excluding hydrogens is 487 g/mol. The SMILES string of the molecule is C[C@@H](C(=O)NC1CCCC1)N(Cc1ccccc1Cl)C(=O)CSCc1ccc(Cl)cc1Cl. The van der Waals surface area contributed by atoms with E-state index in [1.165, 1.54) is 11.8 Å². The van der Waals surface area contributed by atoms with Crippen LogP contribution in [0.15, 0.2) is 42.5 Å². The molecule has 32 heavy (non-hydrogen) atoms. The second kappa shape index (κ2) is 12.2. The Bertz CT molecular complexity index is 951. The largest absolute Gasteiger partial charge is 0.352 e. The molecule has 1 aliphatic carbocycles. The average Bonchev–Trinajstić information content (AvgIpc) is 3.27. The molecule has 1 N–H and O–H groups in total. The summed E-state index contributed by atoms with van der Waals surface area (Å²) in [6, 6.07) is 12.3. The summed E-state index contributed by atoms with van der Waals surface area (Å²) < 4.78 is 0. The van der Waals surface area contributed by atoms with Crippen LogP contribution in [0.5, 0.6) is 0 Å². The van der Waals surface area contributed by atoms with E-state index in [2.05, 4.69) is 5.32 Å². The molecule has 1 atom stereocenters. The first-order valence-corrected chi connectivity index (χ1v) is 13.0. The van der Waals surface area contributed by atoms with Gasteiger partial charge in [0.25, 0.3) is 0 Å². The first-order valence-electron chi connectivity index (χ1n) is 10.7. The molecule has 0 radical (unpaired) electrons. The maximum Gasteiger partial charge on any atom is 0.242 e. The Morgan fingerprint density at radius 1 is 1.06 bits per heavy atom. The van der Waals surface area contributed by atoms with Gasteiger partial charge in [0.2, 0.25) is 11.8 Å². The van der Waals surface area contributed by atoms with Gasteiger partial charge in [-0.3, -0.25) is 9.59 Å². The lowest BCUT2D eigenvalue weighted by molar-refractivity contribution is -0.138. The Morgan fingerprint density at radius 3 is 2.47 bits per heavy atom. The van der Waals surface area contributed by atoms with Gasteiger partial charge in [0.1, 0.15) is 6.04 Å². The normalized spacial score (nSPS) is 14.9. The van der Waals surface area contributed by atoms with E-state index in [4.69, 9.17) is 34.8 Å². The summed E-state index contributed by atoms with van der Waals surface area (Å²) in [5.74, 6) is 0.562. The number of hydrogen-bond acceptors (Lipinski definition) is 3. The molecule has 2 aromatic carbocycles. The molecule has 2 amide bonds. The van der Waals surface area contributed by atoms with Crippen molar-refractivity contribution in [3.8, 4) is 0 Å². The summed E-state index contributed by atoms with van der Waals surface area (Å²) in [6.45, 7) is 2.06. The van der Waals surface area contributed by atoms with Crippen molar-refractivity contribution in [1.29, 1.82) is 0 Å². The van der Waals surface area contributed by atoms with Gasteiger partial charge in [0.05, 0.1) is 5.75 Å². The van der Waals surface area contributed by atoms with Gasteiger partial charge >= 0.3 is 0 Å². The van der Waals surface area contributed by atoms with Crippen molar-refractivity contribution < 1.29 is 9.59 Å². The quantitative estimate of drug-likeness (QED) is 0.425. The number of benzene rings is 2. The van der Waals surface area contributed by atoms with Crippen molar-refractivity contribution in [2.75, 3.05) is 5.75 Å². The third-order valence-electron chi connectivity index (χ3n) is 5.67. The molecule has 0 heterocycles. The Kier molecular flexibility index (Phi) is 9.60. The highest BCUT2D eigenvalue weighted by Gasteiger charge is 2.28. The Labute approximate surface area is 209 Å². The van der Waals surface area contributed by atoms with Gasteiger partial charge < -0.3 is 10.2 Å². The van der Waals surface area contributed by atoms with E-state index in [0.29, 0.717) is 20.8 Å².